The normalized spacial score (nSPS) is 15.5. The Morgan fingerprint density at radius 3 is 2.42 bits per heavy atom. The smallest absolute Gasteiger partial charge is 0.219 e. The quantitative estimate of drug-likeness (QED) is 0.832. The molecule has 0 unspecified atom stereocenters. The second-order valence-electron chi connectivity index (χ2n) is 4.52. The molecule has 4 nitrogen and oxygen atoms in total. The number of hydrogen-bond donors (Lipinski definition) is 1. The first-order valence-corrected chi connectivity index (χ1v) is 7.29. The molecule has 2 N–H and O–H groups in total. The number of carbonyl (C=O) groups is 1. The van der Waals surface area contributed by atoms with E-state index in [0.29, 0.717) is 4.99 Å². The van der Waals surface area contributed by atoms with Gasteiger partial charge in [0.15, 0.2) is 0 Å². The minimum absolute atomic E-state index is 0.143. The van der Waals surface area contributed by atoms with Crippen LogP contribution < -0.4 is 10.6 Å². The van der Waals surface area contributed by atoms with Gasteiger partial charge in [0.2, 0.25) is 5.91 Å². The van der Waals surface area contributed by atoms with Gasteiger partial charge in [-0.15, -0.1) is 0 Å². The standard InChI is InChI=1S/C13H16BrN3OS/c1-9(18)16-4-6-17(7-5-16)10-2-3-11(13(15)19)12(14)8-10/h2-3,8H,4-7H2,1H3,(H2,15,19). The van der Waals surface area contributed by atoms with Gasteiger partial charge in [-0.25, -0.2) is 0 Å². The molecule has 0 bridgehead atoms. The number of anilines is 1. The molecule has 1 amide bonds. The molecule has 2 rings (SSSR count). The van der Waals surface area contributed by atoms with E-state index in [1.54, 1.807) is 6.92 Å². The lowest BCUT2D eigenvalue weighted by Crippen LogP contribution is -2.48. The van der Waals surface area contributed by atoms with Crippen molar-refractivity contribution < 1.29 is 4.79 Å². The van der Waals surface area contributed by atoms with Crippen molar-refractivity contribution in [3.8, 4) is 0 Å². The fourth-order valence-electron chi connectivity index (χ4n) is 2.18. The molecule has 0 atom stereocenters. The van der Waals surface area contributed by atoms with Crippen molar-refractivity contribution in [3.63, 3.8) is 0 Å². The summed E-state index contributed by atoms with van der Waals surface area (Å²) in [4.78, 5) is 15.8. The van der Waals surface area contributed by atoms with E-state index in [-0.39, 0.29) is 5.91 Å². The molecule has 0 aromatic heterocycles. The number of amides is 1. The Morgan fingerprint density at radius 1 is 1.32 bits per heavy atom. The number of piperazine rings is 1. The van der Waals surface area contributed by atoms with Crippen molar-refractivity contribution in [2.75, 3.05) is 31.1 Å². The monoisotopic (exact) mass is 341 g/mol. The second kappa shape index (κ2) is 5.88. The zero-order valence-electron chi connectivity index (χ0n) is 10.7. The maximum Gasteiger partial charge on any atom is 0.219 e. The van der Waals surface area contributed by atoms with Crippen LogP contribution in [0.1, 0.15) is 12.5 Å². The first-order valence-electron chi connectivity index (χ1n) is 6.09. The van der Waals surface area contributed by atoms with Crippen molar-refractivity contribution >= 4 is 44.7 Å². The summed E-state index contributed by atoms with van der Waals surface area (Å²) in [6, 6.07) is 5.97. The number of halogens is 1. The van der Waals surface area contributed by atoms with Gasteiger partial charge in [0.1, 0.15) is 4.99 Å². The SMILES string of the molecule is CC(=O)N1CCN(c2ccc(C(N)=S)c(Br)c2)CC1. The van der Waals surface area contributed by atoms with Gasteiger partial charge in [-0.2, -0.15) is 0 Å². The maximum absolute atomic E-state index is 11.3. The van der Waals surface area contributed by atoms with Crippen LogP contribution in [0.3, 0.4) is 0 Å². The number of nitrogens with zero attached hydrogens (tertiary/aromatic N) is 2. The zero-order chi connectivity index (χ0) is 14.0. The summed E-state index contributed by atoms with van der Waals surface area (Å²) in [6.07, 6.45) is 0. The van der Waals surface area contributed by atoms with E-state index in [1.165, 1.54) is 0 Å². The van der Waals surface area contributed by atoms with E-state index in [0.717, 1.165) is 41.9 Å². The van der Waals surface area contributed by atoms with Crippen molar-refractivity contribution in [2.24, 2.45) is 5.73 Å². The van der Waals surface area contributed by atoms with Crippen molar-refractivity contribution in [1.82, 2.24) is 4.90 Å². The molecule has 6 heteroatoms. The van der Waals surface area contributed by atoms with Gasteiger partial charge >= 0.3 is 0 Å². The highest BCUT2D eigenvalue weighted by molar-refractivity contribution is 9.10. The Hall–Kier alpha value is -1.14. The summed E-state index contributed by atoms with van der Waals surface area (Å²) >= 11 is 8.47. The predicted octanol–water partition coefficient (Wildman–Crippen LogP) is 1.75. The van der Waals surface area contributed by atoms with E-state index in [2.05, 4.69) is 20.8 Å². The van der Waals surface area contributed by atoms with Gasteiger partial charge < -0.3 is 15.5 Å². The Labute approximate surface area is 126 Å². The number of thiocarbonyl (C=S) groups is 1. The fraction of sp³-hybridized carbons (Fsp3) is 0.385. The minimum atomic E-state index is 0.143. The lowest BCUT2D eigenvalue weighted by Gasteiger charge is -2.35. The molecule has 1 aliphatic heterocycles. The van der Waals surface area contributed by atoms with Gasteiger partial charge in [-0.1, -0.05) is 12.2 Å². The molecule has 19 heavy (non-hydrogen) atoms. The summed E-state index contributed by atoms with van der Waals surface area (Å²) in [6.45, 7) is 4.84. The molecule has 102 valence electrons. The molecule has 0 saturated carbocycles. The first-order chi connectivity index (χ1) is 8.99. The summed E-state index contributed by atoms with van der Waals surface area (Å²) < 4.78 is 0.909. The largest absolute Gasteiger partial charge is 0.389 e. The third-order valence-electron chi connectivity index (χ3n) is 3.31. The van der Waals surface area contributed by atoms with Crippen molar-refractivity contribution in [2.45, 2.75) is 6.92 Å². The first kappa shape index (κ1) is 14.3. The van der Waals surface area contributed by atoms with Crippen LogP contribution in [-0.2, 0) is 4.79 Å². The predicted molar refractivity (Wildman–Crippen MR) is 84.5 cm³/mol. The van der Waals surface area contributed by atoms with Crippen LogP contribution >= 0.6 is 28.1 Å². The molecule has 0 aliphatic carbocycles. The molecule has 1 aromatic rings. The topological polar surface area (TPSA) is 49.6 Å². The van der Waals surface area contributed by atoms with Crippen molar-refractivity contribution in [1.29, 1.82) is 0 Å². The molecular weight excluding hydrogens is 326 g/mol. The Balaban J connectivity index is 2.10. The van der Waals surface area contributed by atoms with Gasteiger partial charge in [-0.05, 0) is 34.1 Å². The minimum Gasteiger partial charge on any atom is -0.389 e. The molecule has 1 aromatic carbocycles. The molecule has 1 aliphatic rings. The Morgan fingerprint density at radius 2 is 1.95 bits per heavy atom. The Bertz CT molecular complexity index is 513. The molecule has 0 spiro atoms. The highest BCUT2D eigenvalue weighted by atomic mass is 79.9. The van der Waals surface area contributed by atoms with Crippen LogP contribution in [0, 0.1) is 0 Å². The number of carbonyl (C=O) groups excluding carboxylic acids is 1. The van der Waals surface area contributed by atoms with Gasteiger partial charge in [0, 0.05) is 48.8 Å². The average Bonchev–Trinajstić information content (AvgIpc) is 2.38. The maximum atomic E-state index is 11.3. The van der Waals surface area contributed by atoms with Crippen LogP contribution in [0.15, 0.2) is 22.7 Å². The van der Waals surface area contributed by atoms with Crippen molar-refractivity contribution in [3.05, 3.63) is 28.2 Å². The van der Waals surface area contributed by atoms with E-state index >= 15 is 0 Å². The number of hydrogen-bond acceptors (Lipinski definition) is 3. The van der Waals surface area contributed by atoms with E-state index in [1.807, 2.05) is 23.1 Å². The lowest BCUT2D eigenvalue weighted by atomic mass is 10.2. The van der Waals surface area contributed by atoms with Crippen LogP contribution in [0.4, 0.5) is 5.69 Å². The van der Waals surface area contributed by atoms with Crippen LogP contribution in [-0.4, -0.2) is 42.0 Å². The third-order valence-corrected chi connectivity index (χ3v) is 4.18. The van der Waals surface area contributed by atoms with Crippen LogP contribution in [0.5, 0.6) is 0 Å². The molecule has 0 radical (unpaired) electrons. The van der Waals surface area contributed by atoms with Gasteiger partial charge in [-0.3, -0.25) is 4.79 Å². The summed E-state index contributed by atoms with van der Waals surface area (Å²) in [5.41, 5.74) is 7.61. The van der Waals surface area contributed by atoms with Crippen LogP contribution in [0.25, 0.3) is 0 Å². The molecular formula is C13H16BrN3OS. The summed E-state index contributed by atoms with van der Waals surface area (Å²) in [5, 5.41) is 0. The number of benzene rings is 1. The van der Waals surface area contributed by atoms with E-state index in [9.17, 15) is 4.79 Å². The molecule has 1 heterocycles. The molecule has 1 fully saturated rings. The Kier molecular flexibility index (Phi) is 4.42. The number of rotatable bonds is 2. The fourth-order valence-corrected chi connectivity index (χ4v) is 3.07. The average molecular weight is 342 g/mol. The van der Waals surface area contributed by atoms with E-state index < -0.39 is 0 Å². The highest BCUT2D eigenvalue weighted by Gasteiger charge is 2.19. The van der Waals surface area contributed by atoms with Gasteiger partial charge in [0.05, 0.1) is 0 Å². The number of nitrogens with two attached hydrogens (primary N) is 1. The van der Waals surface area contributed by atoms with Gasteiger partial charge in [0.25, 0.3) is 0 Å². The summed E-state index contributed by atoms with van der Waals surface area (Å²) in [7, 11) is 0. The van der Waals surface area contributed by atoms with E-state index in [4.69, 9.17) is 18.0 Å². The van der Waals surface area contributed by atoms with Crippen LogP contribution in [0.2, 0.25) is 0 Å². The highest BCUT2D eigenvalue weighted by Crippen LogP contribution is 2.25. The lowest BCUT2D eigenvalue weighted by molar-refractivity contribution is -0.129. The zero-order valence-corrected chi connectivity index (χ0v) is 13.1. The second-order valence-corrected chi connectivity index (χ2v) is 5.82. The molecule has 1 saturated heterocycles. The summed E-state index contributed by atoms with van der Waals surface area (Å²) in [5.74, 6) is 0.143. The third kappa shape index (κ3) is 3.25.